The fourth-order valence-corrected chi connectivity index (χ4v) is 4.64. The molecule has 0 fully saturated rings. The number of aromatic nitrogens is 2. The van der Waals surface area contributed by atoms with Crippen LogP contribution in [0.15, 0.2) is 52.9 Å². The minimum Gasteiger partial charge on any atom is -0.494 e. The maximum Gasteiger partial charge on any atom is 0.257 e. The number of carbonyl (C=O) groups excluding carboxylic acids is 1. The predicted molar refractivity (Wildman–Crippen MR) is 130 cm³/mol. The Balaban J connectivity index is 1.43. The molecule has 0 aliphatic heterocycles. The van der Waals surface area contributed by atoms with Gasteiger partial charge in [0.15, 0.2) is 4.34 Å². The fraction of sp³-hybridized carbons (Fsp3) is 0.348. The van der Waals surface area contributed by atoms with E-state index in [0.717, 1.165) is 32.8 Å². The molecule has 0 unspecified atom stereocenters. The van der Waals surface area contributed by atoms with Crippen molar-refractivity contribution in [1.82, 2.24) is 10.2 Å². The van der Waals surface area contributed by atoms with Crippen LogP contribution in [-0.4, -0.2) is 22.7 Å². The first-order valence-electron chi connectivity index (χ1n) is 10.4. The van der Waals surface area contributed by atoms with Crippen LogP contribution in [0.5, 0.6) is 5.75 Å². The Bertz CT molecular complexity index is 946. The summed E-state index contributed by atoms with van der Waals surface area (Å²) in [6, 6.07) is 14.9. The molecule has 1 amide bonds. The molecule has 0 spiro atoms. The van der Waals surface area contributed by atoms with Gasteiger partial charge in [-0.05, 0) is 48.4 Å². The minimum absolute atomic E-state index is 0.212. The van der Waals surface area contributed by atoms with Crippen LogP contribution < -0.4 is 10.1 Å². The van der Waals surface area contributed by atoms with Crippen LogP contribution in [0.3, 0.4) is 0 Å². The zero-order chi connectivity index (χ0) is 21.9. The van der Waals surface area contributed by atoms with E-state index in [4.69, 9.17) is 16.3 Å². The molecular formula is C23H26ClN3O2S2. The summed E-state index contributed by atoms with van der Waals surface area (Å²) in [4.78, 5) is 12.5. The highest BCUT2D eigenvalue weighted by atomic mass is 35.5. The minimum atomic E-state index is -0.212. The van der Waals surface area contributed by atoms with Crippen molar-refractivity contribution in [2.45, 2.75) is 49.1 Å². The number of halogens is 1. The van der Waals surface area contributed by atoms with Crippen LogP contribution in [-0.2, 0) is 5.75 Å². The van der Waals surface area contributed by atoms with Crippen LogP contribution in [0.25, 0.3) is 0 Å². The second kappa shape index (κ2) is 12.7. The van der Waals surface area contributed by atoms with Crippen molar-refractivity contribution in [1.29, 1.82) is 0 Å². The average molecular weight is 476 g/mol. The van der Waals surface area contributed by atoms with Gasteiger partial charge in [-0.25, -0.2) is 0 Å². The first-order chi connectivity index (χ1) is 15.1. The van der Waals surface area contributed by atoms with Gasteiger partial charge in [0.05, 0.1) is 6.61 Å². The highest BCUT2D eigenvalue weighted by molar-refractivity contribution is 8.00. The summed E-state index contributed by atoms with van der Waals surface area (Å²) >= 11 is 8.84. The third-order valence-corrected chi connectivity index (χ3v) is 6.83. The van der Waals surface area contributed by atoms with E-state index >= 15 is 0 Å². The number of rotatable bonds is 12. The van der Waals surface area contributed by atoms with Crippen molar-refractivity contribution in [3.8, 4) is 5.75 Å². The van der Waals surface area contributed by atoms with Crippen molar-refractivity contribution >= 4 is 45.7 Å². The van der Waals surface area contributed by atoms with E-state index in [2.05, 4.69) is 22.4 Å². The zero-order valence-electron chi connectivity index (χ0n) is 17.5. The molecule has 1 aromatic heterocycles. The van der Waals surface area contributed by atoms with E-state index in [1.54, 1.807) is 23.9 Å². The lowest BCUT2D eigenvalue weighted by molar-refractivity contribution is 0.102. The number of amides is 1. The molecule has 1 N–H and O–H groups in total. The second-order valence-corrected chi connectivity index (χ2v) is 9.67. The third kappa shape index (κ3) is 8.16. The van der Waals surface area contributed by atoms with E-state index in [-0.39, 0.29) is 5.91 Å². The standard InChI is InChI=1S/C23H26ClN3O2S2/c1-2-3-4-5-6-15-29-20-13-9-18(10-14-20)21(28)25-22-26-27-23(31-22)30-16-17-7-11-19(24)12-8-17/h7-14H,2-6,15-16H2,1H3,(H,25,26,28). The zero-order valence-corrected chi connectivity index (χ0v) is 19.9. The first kappa shape index (κ1) is 23.6. The van der Waals surface area contributed by atoms with Crippen molar-refractivity contribution in [3.63, 3.8) is 0 Å². The third-order valence-electron chi connectivity index (χ3n) is 4.54. The number of carbonyl (C=O) groups is 1. The molecule has 8 heteroatoms. The van der Waals surface area contributed by atoms with Gasteiger partial charge in [0.25, 0.3) is 5.91 Å². The van der Waals surface area contributed by atoms with Gasteiger partial charge in [-0.15, -0.1) is 10.2 Å². The topological polar surface area (TPSA) is 64.1 Å². The number of hydrogen-bond acceptors (Lipinski definition) is 6. The molecule has 0 radical (unpaired) electrons. The molecule has 1 heterocycles. The van der Waals surface area contributed by atoms with Crippen molar-refractivity contribution in [2.75, 3.05) is 11.9 Å². The van der Waals surface area contributed by atoms with E-state index in [9.17, 15) is 4.79 Å². The fourth-order valence-electron chi connectivity index (χ4n) is 2.81. The Morgan fingerprint density at radius 3 is 2.52 bits per heavy atom. The van der Waals surface area contributed by atoms with Gasteiger partial charge in [-0.2, -0.15) is 0 Å². The maximum absolute atomic E-state index is 12.5. The molecule has 0 aliphatic rings. The van der Waals surface area contributed by atoms with Gasteiger partial charge < -0.3 is 4.74 Å². The lowest BCUT2D eigenvalue weighted by atomic mass is 10.2. The Hall–Kier alpha value is -2.09. The van der Waals surface area contributed by atoms with E-state index < -0.39 is 0 Å². The van der Waals surface area contributed by atoms with Crippen molar-refractivity contribution < 1.29 is 9.53 Å². The lowest BCUT2D eigenvalue weighted by Gasteiger charge is -2.07. The van der Waals surface area contributed by atoms with E-state index in [1.807, 2.05) is 36.4 Å². The number of anilines is 1. The summed E-state index contributed by atoms with van der Waals surface area (Å²) in [5.41, 5.74) is 1.71. The van der Waals surface area contributed by atoms with Crippen LogP contribution in [0.1, 0.15) is 54.9 Å². The molecule has 0 atom stereocenters. The lowest BCUT2D eigenvalue weighted by Crippen LogP contribution is -2.11. The molecule has 164 valence electrons. The summed E-state index contributed by atoms with van der Waals surface area (Å²) < 4.78 is 6.55. The summed E-state index contributed by atoms with van der Waals surface area (Å²) in [5.74, 6) is 1.33. The predicted octanol–water partition coefficient (Wildman–Crippen LogP) is 7.09. The number of nitrogens with zero attached hydrogens (tertiary/aromatic N) is 2. The normalized spacial score (nSPS) is 10.8. The smallest absolute Gasteiger partial charge is 0.257 e. The number of unbranched alkanes of at least 4 members (excludes halogenated alkanes) is 4. The van der Waals surface area contributed by atoms with Gasteiger partial charge in [0, 0.05) is 16.3 Å². The number of benzene rings is 2. The Kier molecular flexibility index (Phi) is 9.65. The number of hydrogen-bond donors (Lipinski definition) is 1. The SMILES string of the molecule is CCCCCCCOc1ccc(C(=O)Nc2nnc(SCc3ccc(Cl)cc3)s2)cc1. The molecule has 0 saturated heterocycles. The Morgan fingerprint density at radius 2 is 1.77 bits per heavy atom. The van der Waals surface area contributed by atoms with Crippen molar-refractivity contribution in [3.05, 3.63) is 64.7 Å². The average Bonchev–Trinajstić information content (AvgIpc) is 3.23. The van der Waals surface area contributed by atoms with Crippen molar-refractivity contribution in [2.24, 2.45) is 0 Å². The van der Waals surface area contributed by atoms with Crippen LogP contribution in [0.2, 0.25) is 5.02 Å². The van der Waals surface area contributed by atoms with E-state index in [1.165, 1.54) is 37.0 Å². The van der Waals surface area contributed by atoms with Gasteiger partial charge >= 0.3 is 0 Å². The van der Waals surface area contributed by atoms with Gasteiger partial charge in [0.1, 0.15) is 5.75 Å². The molecule has 0 saturated carbocycles. The largest absolute Gasteiger partial charge is 0.494 e. The maximum atomic E-state index is 12.5. The number of nitrogens with one attached hydrogen (secondary N) is 1. The first-order valence-corrected chi connectivity index (χ1v) is 12.6. The summed E-state index contributed by atoms with van der Waals surface area (Å²) in [5, 5.41) is 12.2. The molecule has 3 rings (SSSR count). The summed E-state index contributed by atoms with van der Waals surface area (Å²) in [6.07, 6.45) is 6.02. The van der Waals surface area contributed by atoms with Gasteiger partial charge in [-0.1, -0.05) is 79.4 Å². The number of thioether (sulfide) groups is 1. The molecule has 3 aromatic rings. The monoisotopic (exact) mass is 475 g/mol. The van der Waals surface area contributed by atoms with Crippen LogP contribution in [0, 0.1) is 0 Å². The molecule has 0 bridgehead atoms. The molecular weight excluding hydrogens is 450 g/mol. The van der Waals surface area contributed by atoms with Crippen LogP contribution in [0.4, 0.5) is 5.13 Å². The van der Waals surface area contributed by atoms with E-state index in [0.29, 0.717) is 17.3 Å². The molecule has 5 nitrogen and oxygen atoms in total. The van der Waals surface area contributed by atoms with Gasteiger partial charge in [-0.3, -0.25) is 10.1 Å². The summed E-state index contributed by atoms with van der Waals surface area (Å²) in [7, 11) is 0. The Labute approximate surface area is 196 Å². The second-order valence-electron chi connectivity index (χ2n) is 7.03. The van der Waals surface area contributed by atoms with Crippen LogP contribution >= 0.6 is 34.7 Å². The highest BCUT2D eigenvalue weighted by Crippen LogP contribution is 2.29. The molecule has 31 heavy (non-hydrogen) atoms. The Morgan fingerprint density at radius 1 is 1.03 bits per heavy atom. The molecule has 0 aliphatic carbocycles. The number of ether oxygens (including phenoxy) is 1. The van der Waals surface area contributed by atoms with Gasteiger partial charge in [0.2, 0.25) is 5.13 Å². The quantitative estimate of drug-likeness (QED) is 0.172. The summed E-state index contributed by atoms with van der Waals surface area (Å²) in [6.45, 7) is 2.91. The highest BCUT2D eigenvalue weighted by Gasteiger charge is 2.11. The molecule has 2 aromatic carbocycles.